The van der Waals surface area contributed by atoms with Gasteiger partial charge in [-0.1, -0.05) is 18.2 Å². The molecule has 0 bridgehead atoms. The van der Waals surface area contributed by atoms with Crippen LogP contribution in [0.5, 0.6) is 5.75 Å². The van der Waals surface area contributed by atoms with E-state index < -0.39 is 0 Å². The number of rotatable bonds is 2. The first-order valence-electron chi connectivity index (χ1n) is 7.99. The Labute approximate surface area is 145 Å². The summed E-state index contributed by atoms with van der Waals surface area (Å²) in [6.07, 6.45) is 3.43. The molecule has 1 N–H and O–H groups in total. The average Bonchev–Trinajstić information content (AvgIpc) is 2.68. The smallest absolute Gasteiger partial charge is 0.327 e. The molecule has 0 spiro atoms. The molecule has 4 rings (SSSR count). The first kappa shape index (κ1) is 15.1. The number of amides is 2. The van der Waals surface area contributed by atoms with Gasteiger partial charge in [-0.3, -0.25) is 9.88 Å². The zero-order valence-electron chi connectivity index (χ0n) is 13.4. The molecule has 6 heteroatoms. The van der Waals surface area contributed by atoms with E-state index in [2.05, 4.69) is 15.3 Å². The van der Waals surface area contributed by atoms with Gasteiger partial charge in [0.15, 0.2) is 11.6 Å². The van der Waals surface area contributed by atoms with Crippen molar-refractivity contribution < 1.29 is 9.53 Å². The molecular weight excluding hydrogens is 316 g/mol. The van der Waals surface area contributed by atoms with Crippen LogP contribution >= 0.6 is 0 Å². The highest BCUT2D eigenvalue weighted by atomic mass is 16.5. The van der Waals surface area contributed by atoms with Gasteiger partial charge in [-0.2, -0.15) is 0 Å². The second kappa shape index (κ2) is 6.60. The van der Waals surface area contributed by atoms with Crippen LogP contribution in [0.15, 0.2) is 67.0 Å². The van der Waals surface area contributed by atoms with Crippen LogP contribution in [-0.2, 0) is 0 Å². The van der Waals surface area contributed by atoms with Crippen LogP contribution in [0.4, 0.5) is 16.3 Å². The first-order valence-corrected chi connectivity index (χ1v) is 7.99. The van der Waals surface area contributed by atoms with E-state index in [9.17, 15) is 4.79 Å². The fraction of sp³-hybridized carbons (Fsp3) is 0.105. The molecule has 0 fully saturated rings. The maximum absolute atomic E-state index is 12.7. The van der Waals surface area contributed by atoms with Gasteiger partial charge in [0.2, 0.25) is 0 Å². The van der Waals surface area contributed by atoms with E-state index in [-0.39, 0.29) is 6.03 Å². The molecule has 3 heterocycles. The number of para-hydroxylation sites is 1. The number of benzene rings is 1. The second-order valence-electron chi connectivity index (χ2n) is 5.55. The highest BCUT2D eigenvalue weighted by Crippen LogP contribution is 2.32. The van der Waals surface area contributed by atoms with E-state index in [1.54, 1.807) is 17.3 Å². The molecule has 2 aromatic heterocycles. The summed E-state index contributed by atoms with van der Waals surface area (Å²) in [5, 5.41) is 2.89. The molecule has 3 aromatic rings. The minimum absolute atomic E-state index is 0.227. The number of hydrogen-bond donors (Lipinski definition) is 1. The van der Waals surface area contributed by atoms with Crippen molar-refractivity contribution in [1.82, 2.24) is 9.97 Å². The van der Waals surface area contributed by atoms with Crippen molar-refractivity contribution in [3.8, 4) is 17.0 Å². The van der Waals surface area contributed by atoms with E-state index in [1.807, 2.05) is 54.6 Å². The lowest BCUT2D eigenvalue weighted by molar-refractivity contribution is 0.249. The van der Waals surface area contributed by atoms with Gasteiger partial charge < -0.3 is 10.1 Å². The minimum atomic E-state index is -0.227. The normalized spacial score (nSPS) is 12.9. The SMILES string of the molecule is O=C(Nc1ccccc1)N1CCOc2ccc(-c3ccncc3)nc21. The number of carbonyl (C=O) groups is 1. The van der Waals surface area contributed by atoms with E-state index in [0.29, 0.717) is 24.7 Å². The molecular formula is C19H16N4O2. The average molecular weight is 332 g/mol. The third-order valence-corrected chi connectivity index (χ3v) is 3.91. The summed E-state index contributed by atoms with van der Waals surface area (Å²) < 4.78 is 5.65. The second-order valence-corrected chi connectivity index (χ2v) is 5.55. The predicted molar refractivity (Wildman–Crippen MR) is 95.8 cm³/mol. The van der Waals surface area contributed by atoms with Crippen molar-refractivity contribution in [1.29, 1.82) is 0 Å². The summed E-state index contributed by atoms with van der Waals surface area (Å²) in [5.41, 5.74) is 2.45. The molecule has 1 aliphatic heterocycles. The van der Waals surface area contributed by atoms with Crippen molar-refractivity contribution in [2.24, 2.45) is 0 Å². The molecule has 1 aliphatic rings. The number of nitrogens with zero attached hydrogens (tertiary/aromatic N) is 3. The molecule has 0 radical (unpaired) electrons. The topological polar surface area (TPSA) is 67.4 Å². The maximum atomic E-state index is 12.7. The summed E-state index contributed by atoms with van der Waals surface area (Å²) in [6, 6.07) is 16.6. The molecule has 0 unspecified atom stereocenters. The van der Waals surface area contributed by atoms with Gasteiger partial charge in [0.05, 0.1) is 12.2 Å². The van der Waals surface area contributed by atoms with Crippen molar-refractivity contribution in [2.75, 3.05) is 23.4 Å². The molecule has 0 saturated heterocycles. The van der Waals surface area contributed by atoms with Gasteiger partial charge >= 0.3 is 6.03 Å². The zero-order valence-corrected chi connectivity index (χ0v) is 13.4. The summed E-state index contributed by atoms with van der Waals surface area (Å²) in [7, 11) is 0. The number of urea groups is 1. The highest BCUT2D eigenvalue weighted by Gasteiger charge is 2.26. The number of aromatic nitrogens is 2. The van der Waals surface area contributed by atoms with Crippen molar-refractivity contribution in [3.63, 3.8) is 0 Å². The Hall–Kier alpha value is -3.41. The van der Waals surface area contributed by atoms with Gasteiger partial charge in [0.1, 0.15) is 6.61 Å². The predicted octanol–water partition coefficient (Wildman–Crippen LogP) is 3.57. The van der Waals surface area contributed by atoms with Crippen molar-refractivity contribution in [3.05, 3.63) is 67.0 Å². The number of pyridine rings is 2. The zero-order chi connectivity index (χ0) is 17.1. The minimum Gasteiger partial charge on any atom is -0.488 e. The van der Waals surface area contributed by atoms with Crippen LogP contribution in [-0.4, -0.2) is 29.2 Å². The van der Waals surface area contributed by atoms with E-state index >= 15 is 0 Å². The number of ether oxygens (including phenoxy) is 1. The molecule has 0 saturated carbocycles. The van der Waals surface area contributed by atoms with Crippen LogP contribution < -0.4 is 15.0 Å². The van der Waals surface area contributed by atoms with Gasteiger partial charge in [-0.05, 0) is 36.4 Å². The lowest BCUT2D eigenvalue weighted by Crippen LogP contribution is -2.41. The molecule has 124 valence electrons. The molecule has 0 atom stereocenters. The molecule has 2 amide bonds. The third kappa shape index (κ3) is 3.14. The Bertz CT molecular complexity index is 884. The maximum Gasteiger partial charge on any atom is 0.327 e. The fourth-order valence-electron chi connectivity index (χ4n) is 2.69. The summed E-state index contributed by atoms with van der Waals surface area (Å²) in [5.74, 6) is 1.13. The van der Waals surface area contributed by atoms with Gasteiger partial charge in [0.25, 0.3) is 0 Å². The van der Waals surface area contributed by atoms with Crippen LogP contribution in [0.3, 0.4) is 0 Å². The van der Waals surface area contributed by atoms with Crippen LogP contribution in [0.1, 0.15) is 0 Å². The number of carbonyl (C=O) groups excluding carboxylic acids is 1. The molecule has 6 nitrogen and oxygen atoms in total. The van der Waals surface area contributed by atoms with Gasteiger partial charge in [-0.15, -0.1) is 0 Å². The number of hydrogen-bond acceptors (Lipinski definition) is 4. The van der Waals surface area contributed by atoms with Gasteiger partial charge in [0, 0.05) is 23.6 Å². The quantitative estimate of drug-likeness (QED) is 0.779. The Morgan fingerprint density at radius 1 is 1.04 bits per heavy atom. The van der Waals surface area contributed by atoms with E-state index in [1.165, 1.54) is 0 Å². The highest BCUT2D eigenvalue weighted by molar-refractivity contribution is 6.02. The third-order valence-electron chi connectivity index (χ3n) is 3.91. The molecule has 25 heavy (non-hydrogen) atoms. The van der Waals surface area contributed by atoms with E-state index in [4.69, 9.17) is 4.74 Å². The largest absolute Gasteiger partial charge is 0.488 e. The fourth-order valence-corrected chi connectivity index (χ4v) is 2.69. The molecule has 1 aromatic carbocycles. The Morgan fingerprint density at radius 3 is 2.64 bits per heavy atom. The Kier molecular flexibility index (Phi) is 4.00. The summed E-state index contributed by atoms with van der Waals surface area (Å²) in [4.78, 5) is 23.0. The molecule has 0 aliphatic carbocycles. The standard InChI is InChI=1S/C19H16N4O2/c24-19(21-15-4-2-1-3-5-15)23-12-13-25-17-7-6-16(22-18(17)23)14-8-10-20-11-9-14/h1-11H,12-13H2,(H,21,24). The first-order chi connectivity index (χ1) is 12.3. The monoisotopic (exact) mass is 332 g/mol. The lowest BCUT2D eigenvalue weighted by Gasteiger charge is -2.28. The summed E-state index contributed by atoms with van der Waals surface area (Å²) >= 11 is 0. The number of nitrogens with one attached hydrogen (secondary N) is 1. The Balaban J connectivity index is 1.65. The Morgan fingerprint density at radius 2 is 1.84 bits per heavy atom. The van der Waals surface area contributed by atoms with Crippen molar-refractivity contribution >= 4 is 17.5 Å². The number of fused-ring (bicyclic) bond motifs is 1. The van der Waals surface area contributed by atoms with Crippen molar-refractivity contribution in [2.45, 2.75) is 0 Å². The summed E-state index contributed by atoms with van der Waals surface area (Å²) in [6.45, 7) is 0.879. The van der Waals surface area contributed by atoms with Crippen LogP contribution in [0.2, 0.25) is 0 Å². The van der Waals surface area contributed by atoms with E-state index in [0.717, 1.165) is 16.9 Å². The lowest BCUT2D eigenvalue weighted by atomic mass is 10.1. The van der Waals surface area contributed by atoms with Crippen LogP contribution in [0.25, 0.3) is 11.3 Å². The van der Waals surface area contributed by atoms with Gasteiger partial charge in [-0.25, -0.2) is 9.78 Å². The van der Waals surface area contributed by atoms with Crippen LogP contribution in [0, 0.1) is 0 Å². The number of anilines is 2.